The molecule has 1 aliphatic rings. The fourth-order valence-corrected chi connectivity index (χ4v) is 4.06. The molecule has 1 aromatic heterocycles. The number of ether oxygens (including phenoxy) is 2. The lowest BCUT2D eigenvalue weighted by Crippen LogP contribution is -2.27. The van der Waals surface area contributed by atoms with E-state index in [1.165, 1.54) is 23.3 Å². The van der Waals surface area contributed by atoms with Gasteiger partial charge in [0.1, 0.15) is 16.1 Å². The van der Waals surface area contributed by atoms with Gasteiger partial charge >= 0.3 is 11.7 Å². The zero-order chi connectivity index (χ0) is 20.1. The molecule has 0 radical (unpaired) electrons. The number of amides is 1. The molecule has 0 spiro atoms. The zero-order valence-electron chi connectivity index (χ0n) is 15.6. The van der Waals surface area contributed by atoms with E-state index in [-0.39, 0.29) is 29.7 Å². The minimum atomic E-state index is -0.586. The van der Waals surface area contributed by atoms with E-state index in [9.17, 15) is 14.4 Å². The molecule has 0 aliphatic carbocycles. The summed E-state index contributed by atoms with van der Waals surface area (Å²) in [6, 6.07) is 10.4. The molecule has 0 bridgehead atoms. The lowest BCUT2D eigenvalue weighted by molar-refractivity contribution is -0.114. The van der Waals surface area contributed by atoms with Crippen molar-refractivity contribution in [1.29, 1.82) is 0 Å². The molecule has 148 valence electrons. The SMILES string of the molecule is CC(=O)Nc1ccn([C@H]2COC(C)(CCOC(=O)c3ccccc3)S2)c(=O)n1. The smallest absolute Gasteiger partial charge is 0.350 e. The first-order chi connectivity index (χ1) is 13.4. The van der Waals surface area contributed by atoms with Gasteiger partial charge in [-0.05, 0) is 25.1 Å². The van der Waals surface area contributed by atoms with E-state index in [1.54, 1.807) is 36.5 Å². The summed E-state index contributed by atoms with van der Waals surface area (Å²) < 4.78 is 12.6. The predicted molar refractivity (Wildman–Crippen MR) is 105 cm³/mol. The van der Waals surface area contributed by atoms with Crippen molar-refractivity contribution >= 4 is 29.5 Å². The lowest BCUT2D eigenvalue weighted by atomic mass is 10.2. The Hall–Kier alpha value is -2.65. The number of nitrogens with one attached hydrogen (secondary N) is 1. The molecule has 2 aromatic rings. The minimum Gasteiger partial charge on any atom is -0.462 e. The Morgan fingerprint density at radius 1 is 1.36 bits per heavy atom. The fraction of sp³-hybridized carbons (Fsp3) is 0.368. The number of carbonyl (C=O) groups is 2. The highest BCUT2D eigenvalue weighted by Crippen LogP contribution is 2.45. The Morgan fingerprint density at radius 3 is 2.79 bits per heavy atom. The Labute approximate surface area is 166 Å². The zero-order valence-corrected chi connectivity index (χ0v) is 16.4. The van der Waals surface area contributed by atoms with Gasteiger partial charge in [0.05, 0.1) is 18.8 Å². The van der Waals surface area contributed by atoms with E-state index in [0.29, 0.717) is 18.6 Å². The number of carbonyl (C=O) groups excluding carboxylic acids is 2. The number of nitrogens with zero attached hydrogens (tertiary/aromatic N) is 2. The molecule has 1 aliphatic heterocycles. The third-order valence-electron chi connectivity index (χ3n) is 4.16. The van der Waals surface area contributed by atoms with Crippen molar-refractivity contribution in [2.75, 3.05) is 18.5 Å². The van der Waals surface area contributed by atoms with Crippen LogP contribution in [0.4, 0.5) is 5.82 Å². The maximum absolute atomic E-state index is 12.2. The highest BCUT2D eigenvalue weighted by Gasteiger charge is 2.38. The van der Waals surface area contributed by atoms with Crippen molar-refractivity contribution in [3.63, 3.8) is 0 Å². The Bertz CT molecular complexity index is 917. The quantitative estimate of drug-likeness (QED) is 0.740. The highest BCUT2D eigenvalue weighted by molar-refractivity contribution is 8.00. The number of aromatic nitrogens is 2. The average molecular weight is 403 g/mol. The van der Waals surface area contributed by atoms with E-state index in [0.717, 1.165) is 0 Å². The van der Waals surface area contributed by atoms with E-state index in [2.05, 4.69) is 10.3 Å². The average Bonchev–Trinajstić information content (AvgIpc) is 3.04. The second-order valence-corrected chi connectivity index (χ2v) is 8.10. The second kappa shape index (κ2) is 8.57. The first kappa shape index (κ1) is 20.1. The number of thioether (sulfide) groups is 1. The first-order valence-electron chi connectivity index (χ1n) is 8.77. The van der Waals surface area contributed by atoms with Crippen LogP contribution in [0.3, 0.4) is 0 Å². The second-order valence-electron chi connectivity index (χ2n) is 6.45. The van der Waals surface area contributed by atoms with E-state index in [1.807, 2.05) is 13.0 Å². The van der Waals surface area contributed by atoms with Crippen LogP contribution < -0.4 is 11.0 Å². The largest absolute Gasteiger partial charge is 0.462 e. The van der Waals surface area contributed by atoms with Crippen molar-refractivity contribution in [2.45, 2.75) is 30.6 Å². The molecule has 1 saturated heterocycles. The third kappa shape index (κ3) is 4.99. The molecule has 0 saturated carbocycles. The maximum atomic E-state index is 12.2. The van der Waals surface area contributed by atoms with Gasteiger partial charge in [-0.3, -0.25) is 9.36 Å². The third-order valence-corrected chi connectivity index (χ3v) is 5.62. The molecule has 1 unspecified atom stereocenters. The van der Waals surface area contributed by atoms with Gasteiger partial charge < -0.3 is 14.8 Å². The number of anilines is 1. The summed E-state index contributed by atoms with van der Waals surface area (Å²) in [5.41, 5.74) is 0.0366. The Kier molecular flexibility index (Phi) is 6.15. The molecule has 28 heavy (non-hydrogen) atoms. The summed E-state index contributed by atoms with van der Waals surface area (Å²) in [5, 5.41) is 2.23. The topological polar surface area (TPSA) is 99.5 Å². The van der Waals surface area contributed by atoms with Crippen molar-refractivity contribution in [3.05, 3.63) is 58.6 Å². The summed E-state index contributed by atoms with van der Waals surface area (Å²) in [6.45, 7) is 3.79. The molecular weight excluding hydrogens is 382 g/mol. The van der Waals surface area contributed by atoms with Crippen LogP contribution >= 0.6 is 11.8 Å². The van der Waals surface area contributed by atoms with Crippen LogP contribution in [0.15, 0.2) is 47.4 Å². The van der Waals surface area contributed by atoms with Crippen molar-refractivity contribution in [1.82, 2.24) is 9.55 Å². The van der Waals surface area contributed by atoms with Gasteiger partial charge in [-0.2, -0.15) is 4.98 Å². The number of benzene rings is 1. The van der Waals surface area contributed by atoms with Crippen LogP contribution in [0, 0.1) is 0 Å². The number of esters is 1. The molecule has 1 amide bonds. The van der Waals surface area contributed by atoms with Gasteiger partial charge in [-0.25, -0.2) is 9.59 Å². The van der Waals surface area contributed by atoms with Crippen molar-refractivity contribution < 1.29 is 19.1 Å². The van der Waals surface area contributed by atoms with Crippen LogP contribution in [0.2, 0.25) is 0 Å². The number of hydrogen-bond donors (Lipinski definition) is 1. The number of rotatable bonds is 6. The predicted octanol–water partition coefficient (Wildman–Crippen LogP) is 2.43. The van der Waals surface area contributed by atoms with Gasteiger partial charge in [0, 0.05) is 19.5 Å². The Morgan fingerprint density at radius 2 is 2.11 bits per heavy atom. The molecule has 1 fully saturated rings. The molecule has 1 N–H and O–H groups in total. The summed E-state index contributed by atoms with van der Waals surface area (Å²) in [6.07, 6.45) is 2.07. The molecule has 1 aromatic carbocycles. The molecule has 8 nitrogen and oxygen atoms in total. The highest BCUT2D eigenvalue weighted by atomic mass is 32.2. The van der Waals surface area contributed by atoms with Crippen LogP contribution in [0.25, 0.3) is 0 Å². The molecule has 9 heteroatoms. The van der Waals surface area contributed by atoms with E-state index < -0.39 is 10.6 Å². The van der Waals surface area contributed by atoms with Crippen LogP contribution in [0.5, 0.6) is 0 Å². The van der Waals surface area contributed by atoms with E-state index >= 15 is 0 Å². The molecule has 3 rings (SSSR count). The summed E-state index contributed by atoms with van der Waals surface area (Å²) in [5.74, 6) is -0.452. The van der Waals surface area contributed by atoms with Crippen molar-refractivity contribution in [3.8, 4) is 0 Å². The van der Waals surface area contributed by atoms with Crippen LogP contribution in [-0.4, -0.2) is 39.6 Å². The van der Waals surface area contributed by atoms with Gasteiger partial charge in [0.15, 0.2) is 0 Å². The van der Waals surface area contributed by atoms with Gasteiger partial charge in [-0.1, -0.05) is 30.0 Å². The molecule has 2 heterocycles. The molecular formula is C19H21N3O5S. The van der Waals surface area contributed by atoms with Crippen molar-refractivity contribution in [2.24, 2.45) is 0 Å². The van der Waals surface area contributed by atoms with Crippen LogP contribution in [-0.2, 0) is 14.3 Å². The number of hydrogen-bond acceptors (Lipinski definition) is 7. The van der Waals surface area contributed by atoms with E-state index in [4.69, 9.17) is 9.47 Å². The molecule has 2 atom stereocenters. The summed E-state index contributed by atoms with van der Waals surface area (Å²) >= 11 is 1.47. The summed E-state index contributed by atoms with van der Waals surface area (Å²) in [7, 11) is 0. The fourth-order valence-electron chi connectivity index (χ4n) is 2.74. The first-order valence-corrected chi connectivity index (χ1v) is 9.65. The van der Waals surface area contributed by atoms with Gasteiger partial charge in [0.2, 0.25) is 5.91 Å². The lowest BCUT2D eigenvalue weighted by Gasteiger charge is -2.22. The normalized spacial score (nSPS) is 21.3. The van der Waals surface area contributed by atoms with Gasteiger partial charge in [0.25, 0.3) is 0 Å². The maximum Gasteiger partial charge on any atom is 0.350 e. The monoisotopic (exact) mass is 403 g/mol. The summed E-state index contributed by atoms with van der Waals surface area (Å²) in [4.78, 5) is 38.6. The Balaban J connectivity index is 1.56. The van der Waals surface area contributed by atoms with Crippen LogP contribution in [0.1, 0.15) is 36.0 Å². The standard InChI is InChI=1S/C19H21N3O5S/c1-13(23)20-15-8-10-22(18(25)21-15)16-12-27-19(2,28-16)9-11-26-17(24)14-6-4-3-5-7-14/h3-8,10,16H,9,11-12H2,1-2H3,(H,20,21,23,25)/t16-,19?/m1/s1. The van der Waals surface area contributed by atoms with Gasteiger partial charge in [-0.15, -0.1) is 0 Å². The minimum absolute atomic E-state index is 0.207.